The number of nitrogens with one attached hydrogen (secondary N) is 2. The number of nitrogens with two attached hydrogens (primary N) is 1. The molecule has 0 saturated heterocycles. The van der Waals surface area contributed by atoms with E-state index in [1.165, 1.54) is 0 Å². The maximum absolute atomic E-state index is 11.9. The molecule has 0 aliphatic heterocycles. The Morgan fingerprint density at radius 1 is 1.21 bits per heavy atom. The molecule has 0 atom stereocenters. The molecule has 0 aromatic heterocycles. The molecule has 104 valence electrons. The summed E-state index contributed by atoms with van der Waals surface area (Å²) in [5.41, 5.74) is 8.34. The summed E-state index contributed by atoms with van der Waals surface area (Å²) in [4.78, 5) is 11.9. The lowest BCUT2D eigenvalue weighted by Gasteiger charge is -2.13. The standard InChI is InChI=1S/C15H23N3O/c1-14(2)13(15(14,3)4)18-11-8-9(16)6-7-10(11)12(19)17-5/h6-8,13,18H,16H2,1-5H3,(H,17,19). The molecule has 0 spiro atoms. The monoisotopic (exact) mass is 261 g/mol. The first-order valence-electron chi connectivity index (χ1n) is 6.60. The molecule has 1 fully saturated rings. The van der Waals surface area contributed by atoms with E-state index in [1.807, 2.05) is 6.07 Å². The van der Waals surface area contributed by atoms with Gasteiger partial charge < -0.3 is 16.4 Å². The molecular formula is C15H23N3O. The zero-order chi connectivity index (χ0) is 14.4. The van der Waals surface area contributed by atoms with Crippen LogP contribution in [0.3, 0.4) is 0 Å². The lowest BCUT2D eigenvalue weighted by atomic mass is 10.0. The summed E-state index contributed by atoms with van der Waals surface area (Å²) in [5.74, 6) is -0.0984. The molecule has 1 aliphatic rings. The Labute approximate surface area is 114 Å². The number of carbonyl (C=O) groups is 1. The molecule has 0 bridgehead atoms. The van der Waals surface area contributed by atoms with Crippen LogP contribution >= 0.6 is 0 Å². The van der Waals surface area contributed by atoms with Crippen molar-refractivity contribution in [2.75, 3.05) is 18.1 Å². The van der Waals surface area contributed by atoms with Gasteiger partial charge in [-0.05, 0) is 29.0 Å². The summed E-state index contributed by atoms with van der Waals surface area (Å²) in [7, 11) is 1.63. The predicted molar refractivity (Wildman–Crippen MR) is 79.2 cm³/mol. The van der Waals surface area contributed by atoms with Crippen molar-refractivity contribution in [2.24, 2.45) is 10.8 Å². The Hall–Kier alpha value is -1.71. The van der Waals surface area contributed by atoms with Gasteiger partial charge in [0.15, 0.2) is 0 Å². The molecule has 0 heterocycles. The second-order valence-electron chi connectivity index (χ2n) is 6.40. The number of amides is 1. The summed E-state index contributed by atoms with van der Waals surface area (Å²) in [6.45, 7) is 8.93. The van der Waals surface area contributed by atoms with E-state index in [0.29, 0.717) is 17.3 Å². The topological polar surface area (TPSA) is 67.2 Å². The number of carbonyl (C=O) groups excluding carboxylic acids is 1. The summed E-state index contributed by atoms with van der Waals surface area (Å²) < 4.78 is 0. The van der Waals surface area contributed by atoms with Crippen LogP contribution in [-0.4, -0.2) is 19.0 Å². The fraction of sp³-hybridized carbons (Fsp3) is 0.533. The smallest absolute Gasteiger partial charge is 0.253 e. The van der Waals surface area contributed by atoms with Gasteiger partial charge >= 0.3 is 0 Å². The highest BCUT2D eigenvalue weighted by Gasteiger charge is 2.65. The number of hydrogen-bond acceptors (Lipinski definition) is 3. The maximum atomic E-state index is 11.9. The average molecular weight is 261 g/mol. The van der Waals surface area contributed by atoms with E-state index in [2.05, 4.69) is 38.3 Å². The molecule has 4 heteroatoms. The molecule has 0 unspecified atom stereocenters. The van der Waals surface area contributed by atoms with Crippen molar-refractivity contribution in [2.45, 2.75) is 33.7 Å². The third-order valence-electron chi connectivity index (χ3n) is 4.84. The van der Waals surface area contributed by atoms with Crippen LogP contribution in [0.25, 0.3) is 0 Å². The van der Waals surface area contributed by atoms with E-state index in [9.17, 15) is 4.79 Å². The molecule has 19 heavy (non-hydrogen) atoms. The first kappa shape index (κ1) is 13.7. The van der Waals surface area contributed by atoms with Gasteiger partial charge in [0.2, 0.25) is 0 Å². The van der Waals surface area contributed by atoms with Crippen LogP contribution < -0.4 is 16.4 Å². The fourth-order valence-electron chi connectivity index (χ4n) is 2.73. The Morgan fingerprint density at radius 3 is 2.26 bits per heavy atom. The Kier molecular flexibility index (Phi) is 3.00. The second-order valence-corrected chi connectivity index (χ2v) is 6.40. The molecule has 0 radical (unpaired) electrons. The minimum atomic E-state index is -0.0984. The Balaban J connectivity index is 2.31. The Morgan fingerprint density at radius 2 is 1.79 bits per heavy atom. The van der Waals surface area contributed by atoms with Crippen LogP contribution in [0.2, 0.25) is 0 Å². The third-order valence-corrected chi connectivity index (χ3v) is 4.84. The van der Waals surface area contributed by atoms with Gasteiger partial charge in [-0.3, -0.25) is 4.79 Å². The second kappa shape index (κ2) is 4.15. The van der Waals surface area contributed by atoms with E-state index in [4.69, 9.17) is 5.73 Å². The van der Waals surface area contributed by atoms with Crippen LogP contribution in [0, 0.1) is 10.8 Å². The minimum absolute atomic E-state index is 0.0984. The predicted octanol–water partition coefficient (Wildman–Crippen LogP) is 2.47. The molecule has 4 nitrogen and oxygen atoms in total. The summed E-state index contributed by atoms with van der Waals surface area (Å²) in [6, 6.07) is 5.68. The molecule has 1 aliphatic carbocycles. The van der Waals surface area contributed by atoms with Gasteiger partial charge in [-0.1, -0.05) is 27.7 Å². The molecule has 1 aromatic rings. The van der Waals surface area contributed by atoms with Crippen LogP contribution in [0.4, 0.5) is 11.4 Å². The van der Waals surface area contributed by atoms with Crippen LogP contribution in [-0.2, 0) is 0 Å². The Bertz CT molecular complexity index is 506. The van der Waals surface area contributed by atoms with Gasteiger partial charge in [0.05, 0.1) is 5.56 Å². The van der Waals surface area contributed by atoms with E-state index in [1.54, 1.807) is 19.2 Å². The van der Waals surface area contributed by atoms with Gasteiger partial charge in [0, 0.05) is 24.5 Å². The van der Waals surface area contributed by atoms with Gasteiger partial charge in [-0.25, -0.2) is 0 Å². The molecule has 2 rings (SSSR count). The van der Waals surface area contributed by atoms with Crippen molar-refractivity contribution in [3.63, 3.8) is 0 Å². The first-order valence-corrected chi connectivity index (χ1v) is 6.60. The zero-order valence-corrected chi connectivity index (χ0v) is 12.3. The minimum Gasteiger partial charge on any atom is -0.399 e. The first-order chi connectivity index (χ1) is 8.71. The van der Waals surface area contributed by atoms with E-state index in [-0.39, 0.29) is 16.7 Å². The van der Waals surface area contributed by atoms with E-state index < -0.39 is 0 Å². The highest BCUT2D eigenvalue weighted by Crippen LogP contribution is 2.63. The van der Waals surface area contributed by atoms with Crippen LogP contribution in [0.5, 0.6) is 0 Å². The number of rotatable bonds is 3. The van der Waals surface area contributed by atoms with Crippen molar-refractivity contribution in [3.8, 4) is 0 Å². The van der Waals surface area contributed by atoms with Crippen molar-refractivity contribution in [1.82, 2.24) is 5.32 Å². The SMILES string of the molecule is CNC(=O)c1ccc(N)cc1NC1C(C)(C)C1(C)C. The summed E-state index contributed by atoms with van der Waals surface area (Å²) >= 11 is 0. The largest absolute Gasteiger partial charge is 0.399 e. The molecule has 1 amide bonds. The van der Waals surface area contributed by atoms with Crippen molar-refractivity contribution < 1.29 is 4.79 Å². The average Bonchev–Trinajstić information content (AvgIpc) is 2.71. The van der Waals surface area contributed by atoms with Gasteiger partial charge in [-0.2, -0.15) is 0 Å². The third kappa shape index (κ3) is 2.05. The van der Waals surface area contributed by atoms with E-state index in [0.717, 1.165) is 5.69 Å². The highest BCUT2D eigenvalue weighted by molar-refractivity contribution is 6.00. The zero-order valence-electron chi connectivity index (χ0n) is 12.3. The van der Waals surface area contributed by atoms with Crippen molar-refractivity contribution >= 4 is 17.3 Å². The quantitative estimate of drug-likeness (QED) is 0.732. The normalized spacial score (nSPS) is 19.8. The summed E-state index contributed by atoms with van der Waals surface area (Å²) in [6.07, 6.45) is 0. The number of anilines is 2. The van der Waals surface area contributed by atoms with Crippen molar-refractivity contribution in [3.05, 3.63) is 23.8 Å². The van der Waals surface area contributed by atoms with E-state index >= 15 is 0 Å². The number of benzene rings is 1. The molecule has 1 aromatic carbocycles. The number of nitrogen functional groups attached to an aromatic ring is 1. The molecular weight excluding hydrogens is 238 g/mol. The molecule has 4 N–H and O–H groups in total. The lowest BCUT2D eigenvalue weighted by molar-refractivity contribution is 0.0964. The van der Waals surface area contributed by atoms with Gasteiger partial charge in [0.1, 0.15) is 0 Å². The highest BCUT2D eigenvalue weighted by atomic mass is 16.1. The number of hydrogen-bond donors (Lipinski definition) is 3. The van der Waals surface area contributed by atoms with Gasteiger partial charge in [0.25, 0.3) is 5.91 Å². The van der Waals surface area contributed by atoms with Gasteiger partial charge in [-0.15, -0.1) is 0 Å². The lowest BCUT2D eigenvalue weighted by Crippen LogP contribution is -2.21. The van der Waals surface area contributed by atoms with Crippen molar-refractivity contribution in [1.29, 1.82) is 0 Å². The maximum Gasteiger partial charge on any atom is 0.253 e. The molecule has 1 saturated carbocycles. The van der Waals surface area contributed by atoms with Crippen LogP contribution in [0.1, 0.15) is 38.1 Å². The fourth-order valence-corrected chi connectivity index (χ4v) is 2.73. The summed E-state index contributed by atoms with van der Waals surface area (Å²) in [5, 5.41) is 6.14. The van der Waals surface area contributed by atoms with Crippen LogP contribution in [0.15, 0.2) is 18.2 Å².